The summed E-state index contributed by atoms with van der Waals surface area (Å²) in [5.74, 6) is 0. The number of rotatable bonds is 2. The molecule has 2 saturated heterocycles. The summed E-state index contributed by atoms with van der Waals surface area (Å²) in [4.78, 5) is 25.0. The van der Waals surface area contributed by atoms with Gasteiger partial charge >= 0.3 is 12.2 Å². The molecule has 1 aromatic carbocycles. The molecule has 2 aliphatic rings. The molecule has 0 radical (unpaired) electrons. The van der Waals surface area contributed by atoms with E-state index in [0.717, 1.165) is 18.4 Å². The van der Waals surface area contributed by atoms with Crippen molar-refractivity contribution in [3.8, 4) is 0 Å². The van der Waals surface area contributed by atoms with E-state index in [-0.39, 0.29) is 12.7 Å². The second-order valence-electron chi connectivity index (χ2n) is 5.49. The Hall–Kier alpha value is -2.24. The Balaban J connectivity index is 1.56. The molecule has 1 aromatic rings. The van der Waals surface area contributed by atoms with E-state index in [1.807, 2.05) is 30.3 Å². The molecule has 0 unspecified atom stereocenters. The first-order valence-electron chi connectivity index (χ1n) is 7.09. The molecular weight excluding hydrogens is 272 g/mol. The van der Waals surface area contributed by atoms with Crippen molar-refractivity contribution in [3.63, 3.8) is 0 Å². The monoisotopic (exact) mass is 290 g/mol. The van der Waals surface area contributed by atoms with Gasteiger partial charge in [-0.1, -0.05) is 30.3 Å². The van der Waals surface area contributed by atoms with Gasteiger partial charge in [0.1, 0.15) is 12.2 Å². The van der Waals surface area contributed by atoms with Gasteiger partial charge in [-0.15, -0.1) is 0 Å². The predicted molar refractivity (Wildman–Crippen MR) is 74.6 cm³/mol. The fourth-order valence-corrected chi connectivity index (χ4v) is 2.79. The second-order valence-corrected chi connectivity index (χ2v) is 5.49. The van der Waals surface area contributed by atoms with Crippen LogP contribution in [0.3, 0.4) is 0 Å². The average Bonchev–Trinajstić information content (AvgIpc) is 2.86. The number of hydrogen-bond donors (Lipinski definition) is 1. The number of hydrogen-bond acceptors (Lipinski definition) is 4. The van der Waals surface area contributed by atoms with Crippen molar-refractivity contribution in [2.75, 3.05) is 19.6 Å². The SMILES string of the molecule is O=C1NC[C@]2(CCCN(C(=O)OCc3ccccc3)C2)O1. The minimum atomic E-state index is -0.582. The van der Waals surface area contributed by atoms with Crippen LogP contribution in [0.5, 0.6) is 0 Å². The zero-order valence-electron chi connectivity index (χ0n) is 11.7. The van der Waals surface area contributed by atoms with E-state index in [1.165, 1.54) is 0 Å². The lowest BCUT2D eigenvalue weighted by atomic mass is 9.93. The highest BCUT2D eigenvalue weighted by molar-refractivity contribution is 5.71. The van der Waals surface area contributed by atoms with Crippen LogP contribution in [0.1, 0.15) is 18.4 Å². The van der Waals surface area contributed by atoms with E-state index in [4.69, 9.17) is 9.47 Å². The fourth-order valence-electron chi connectivity index (χ4n) is 2.79. The van der Waals surface area contributed by atoms with Crippen molar-refractivity contribution in [1.29, 1.82) is 0 Å². The van der Waals surface area contributed by atoms with Crippen molar-refractivity contribution in [2.45, 2.75) is 25.0 Å². The van der Waals surface area contributed by atoms with Crippen molar-refractivity contribution >= 4 is 12.2 Å². The lowest BCUT2D eigenvalue weighted by Crippen LogP contribution is -2.52. The summed E-state index contributed by atoms with van der Waals surface area (Å²) in [6.45, 7) is 1.72. The van der Waals surface area contributed by atoms with Crippen LogP contribution in [0, 0.1) is 0 Å². The van der Waals surface area contributed by atoms with Gasteiger partial charge in [-0.2, -0.15) is 0 Å². The first kappa shape index (κ1) is 13.7. The minimum absolute atomic E-state index is 0.251. The zero-order valence-corrected chi connectivity index (χ0v) is 11.7. The Bertz CT molecular complexity index is 534. The molecule has 1 N–H and O–H groups in total. The van der Waals surface area contributed by atoms with E-state index in [9.17, 15) is 9.59 Å². The Labute approximate surface area is 123 Å². The fraction of sp³-hybridized carbons (Fsp3) is 0.467. The molecule has 112 valence electrons. The summed E-state index contributed by atoms with van der Waals surface area (Å²) in [5.41, 5.74) is 0.368. The number of amides is 2. The van der Waals surface area contributed by atoms with Gasteiger partial charge in [0.2, 0.25) is 0 Å². The van der Waals surface area contributed by atoms with Crippen LogP contribution in [-0.2, 0) is 16.1 Å². The van der Waals surface area contributed by atoms with Crippen LogP contribution < -0.4 is 5.32 Å². The van der Waals surface area contributed by atoms with E-state index in [0.29, 0.717) is 19.6 Å². The topological polar surface area (TPSA) is 67.9 Å². The molecule has 0 saturated carbocycles. The van der Waals surface area contributed by atoms with E-state index >= 15 is 0 Å². The highest BCUT2D eigenvalue weighted by Gasteiger charge is 2.45. The van der Waals surface area contributed by atoms with Crippen molar-refractivity contribution in [2.24, 2.45) is 0 Å². The van der Waals surface area contributed by atoms with Crippen LogP contribution in [0.25, 0.3) is 0 Å². The zero-order chi connectivity index (χ0) is 14.7. The highest BCUT2D eigenvalue weighted by atomic mass is 16.6. The Morgan fingerprint density at radius 2 is 2.19 bits per heavy atom. The molecule has 1 spiro atoms. The summed E-state index contributed by atoms with van der Waals surface area (Å²) >= 11 is 0. The van der Waals surface area contributed by atoms with Gasteiger partial charge in [0.05, 0.1) is 13.1 Å². The van der Waals surface area contributed by atoms with Crippen molar-refractivity contribution < 1.29 is 19.1 Å². The largest absolute Gasteiger partial charge is 0.445 e. The van der Waals surface area contributed by atoms with Gasteiger partial charge in [0.15, 0.2) is 0 Å². The lowest BCUT2D eigenvalue weighted by Gasteiger charge is -2.37. The van der Waals surface area contributed by atoms with E-state index in [2.05, 4.69) is 5.32 Å². The molecule has 3 rings (SSSR count). The standard InChI is InChI=1S/C15H18N2O4/c18-13-16-10-15(21-13)7-4-8-17(11-15)14(19)20-9-12-5-2-1-3-6-12/h1-3,5-6H,4,7-11H2,(H,16,18)/t15-/m0/s1. The van der Waals surface area contributed by atoms with Crippen LogP contribution >= 0.6 is 0 Å². The number of ether oxygens (including phenoxy) is 2. The van der Waals surface area contributed by atoms with Crippen molar-refractivity contribution in [1.82, 2.24) is 10.2 Å². The summed E-state index contributed by atoms with van der Waals surface area (Å²) in [7, 11) is 0. The van der Waals surface area contributed by atoms with E-state index < -0.39 is 11.7 Å². The van der Waals surface area contributed by atoms with Crippen molar-refractivity contribution in [3.05, 3.63) is 35.9 Å². The lowest BCUT2D eigenvalue weighted by molar-refractivity contribution is -0.0109. The number of alkyl carbamates (subject to hydrolysis) is 1. The number of piperidine rings is 1. The number of likely N-dealkylation sites (tertiary alicyclic amines) is 1. The maximum absolute atomic E-state index is 12.1. The molecule has 6 nitrogen and oxygen atoms in total. The molecule has 6 heteroatoms. The van der Waals surface area contributed by atoms with Gasteiger partial charge in [-0.05, 0) is 18.4 Å². The number of nitrogens with one attached hydrogen (secondary N) is 1. The number of carbonyl (C=O) groups excluding carboxylic acids is 2. The number of nitrogens with zero attached hydrogens (tertiary/aromatic N) is 1. The predicted octanol–water partition coefficient (Wildman–Crippen LogP) is 1.90. The Kier molecular flexibility index (Phi) is 3.68. The molecule has 2 aliphatic heterocycles. The summed E-state index contributed by atoms with van der Waals surface area (Å²) in [5, 5.41) is 2.66. The molecule has 0 aliphatic carbocycles. The summed E-state index contributed by atoms with van der Waals surface area (Å²) in [6.07, 6.45) is 0.805. The second kappa shape index (κ2) is 5.63. The van der Waals surface area contributed by atoms with E-state index in [1.54, 1.807) is 4.90 Å². The van der Waals surface area contributed by atoms with Crippen LogP contribution in [0.4, 0.5) is 9.59 Å². The smallest absolute Gasteiger partial charge is 0.410 e. The quantitative estimate of drug-likeness (QED) is 0.903. The molecule has 0 bridgehead atoms. The molecule has 2 amide bonds. The number of benzene rings is 1. The molecular formula is C15H18N2O4. The third kappa shape index (κ3) is 3.09. The van der Waals surface area contributed by atoms with Crippen LogP contribution in [0.15, 0.2) is 30.3 Å². The van der Waals surface area contributed by atoms with Gasteiger partial charge in [0, 0.05) is 6.54 Å². The maximum atomic E-state index is 12.1. The van der Waals surface area contributed by atoms with Gasteiger partial charge in [-0.3, -0.25) is 0 Å². The minimum Gasteiger partial charge on any atom is -0.445 e. The van der Waals surface area contributed by atoms with Crippen LogP contribution in [-0.4, -0.2) is 42.3 Å². The Morgan fingerprint density at radius 1 is 1.38 bits per heavy atom. The summed E-state index contributed by atoms with van der Waals surface area (Å²) in [6, 6.07) is 9.55. The third-order valence-electron chi connectivity index (χ3n) is 3.87. The summed E-state index contributed by atoms with van der Waals surface area (Å²) < 4.78 is 10.7. The van der Waals surface area contributed by atoms with Crippen LogP contribution in [0.2, 0.25) is 0 Å². The number of carbonyl (C=O) groups is 2. The van der Waals surface area contributed by atoms with Gasteiger partial charge in [0.25, 0.3) is 0 Å². The average molecular weight is 290 g/mol. The maximum Gasteiger partial charge on any atom is 0.410 e. The molecule has 2 heterocycles. The normalized spacial score (nSPS) is 24.6. The molecule has 2 fully saturated rings. The first-order valence-corrected chi connectivity index (χ1v) is 7.09. The Morgan fingerprint density at radius 3 is 2.90 bits per heavy atom. The highest BCUT2D eigenvalue weighted by Crippen LogP contribution is 2.28. The third-order valence-corrected chi connectivity index (χ3v) is 3.87. The molecule has 21 heavy (non-hydrogen) atoms. The van der Waals surface area contributed by atoms with Gasteiger partial charge < -0.3 is 19.7 Å². The molecule has 0 aromatic heterocycles. The first-order chi connectivity index (χ1) is 10.2. The molecule has 1 atom stereocenters. The van der Waals surface area contributed by atoms with Gasteiger partial charge in [-0.25, -0.2) is 9.59 Å².